The fourth-order valence-electron chi connectivity index (χ4n) is 2.84. The largest absolute Gasteiger partial charge is 0.461 e. The molecule has 0 aromatic heterocycles. The summed E-state index contributed by atoms with van der Waals surface area (Å²) in [7, 11) is -4.34. The summed E-state index contributed by atoms with van der Waals surface area (Å²) in [4.78, 5) is 21.6. The molecule has 0 heterocycles. The van der Waals surface area contributed by atoms with Gasteiger partial charge in [0.15, 0.2) is 0 Å². The van der Waals surface area contributed by atoms with Crippen LogP contribution in [-0.2, 0) is 14.8 Å². The minimum Gasteiger partial charge on any atom is -0.461 e. The zero-order valence-corrected chi connectivity index (χ0v) is 15.5. The summed E-state index contributed by atoms with van der Waals surface area (Å²) < 4.78 is 28.2. The van der Waals surface area contributed by atoms with Crippen molar-refractivity contribution in [1.82, 2.24) is 5.32 Å². The summed E-state index contributed by atoms with van der Waals surface area (Å²) >= 11 is 5.71. The van der Waals surface area contributed by atoms with Crippen molar-refractivity contribution in [3.63, 3.8) is 0 Å². The van der Waals surface area contributed by atoms with Gasteiger partial charge >= 0.3 is 5.97 Å². The standard InChI is InChI=1S/C15H20ClN3O6S/c16-14-12(19(21)22)8-10(9-13(14)26(17,23)24)15(20)25-7-6-18-11-4-2-1-3-5-11/h8-9,11,18H,1-7H2,(H2,17,23,24). The SMILES string of the molecule is NS(=O)(=O)c1cc(C(=O)OCCNC2CCCCC2)cc([N+](=O)[O-])c1Cl. The smallest absolute Gasteiger partial charge is 0.338 e. The maximum Gasteiger partial charge on any atom is 0.338 e. The Morgan fingerprint density at radius 2 is 2.00 bits per heavy atom. The number of sulfonamides is 1. The molecule has 1 aromatic rings. The van der Waals surface area contributed by atoms with E-state index in [1.807, 2.05) is 0 Å². The number of carbonyl (C=O) groups is 1. The topological polar surface area (TPSA) is 142 Å². The summed E-state index contributed by atoms with van der Waals surface area (Å²) in [5.41, 5.74) is -1.03. The van der Waals surface area contributed by atoms with E-state index in [4.69, 9.17) is 21.5 Å². The summed E-state index contributed by atoms with van der Waals surface area (Å²) in [6, 6.07) is 2.14. The number of nitro benzene ring substituents is 1. The van der Waals surface area contributed by atoms with Crippen LogP contribution >= 0.6 is 11.6 Å². The summed E-state index contributed by atoms with van der Waals surface area (Å²) in [6.45, 7) is 0.491. The van der Waals surface area contributed by atoms with Crippen LogP contribution in [0.1, 0.15) is 42.5 Å². The number of hydrogen-bond acceptors (Lipinski definition) is 7. The van der Waals surface area contributed by atoms with Gasteiger partial charge in [-0.25, -0.2) is 18.4 Å². The molecule has 11 heteroatoms. The monoisotopic (exact) mass is 405 g/mol. The molecular weight excluding hydrogens is 386 g/mol. The van der Waals surface area contributed by atoms with Gasteiger partial charge in [0.05, 0.1) is 10.5 Å². The quantitative estimate of drug-likeness (QED) is 0.305. The number of nitro groups is 1. The normalized spacial score (nSPS) is 15.6. The number of primary sulfonamides is 1. The third kappa shape index (κ3) is 5.37. The van der Waals surface area contributed by atoms with Crippen LogP contribution in [0.25, 0.3) is 0 Å². The summed E-state index contributed by atoms with van der Waals surface area (Å²) in [6.07, 6.45) is 5.73. The number of rotatable bonds is 7. The van der Waals surface area contributed by atoms with Gasteiger partial charge in [-0.1, -0.05) is 30.9 Å². The van der Waals surface area contributed by atoms with Crippen molar-refractivity contribution >= 4 is 33.3 Å². The van der Waals surface area contributed by atoms with Crippen molar-refractivity contribution in [3.8, 4) is 0 Å². The van der Waals surface area contributed by atoms with Gasteiger partial charge < -0.3 is 10.1 Å². The molecule has 1 saturated carbocycles. The van der Waals surface area contributed by atoms with Crippen molar-refractivity contribution in [2.24, 2.45) is 5.14 Å². The first-order valence-electron chi connectivity index (χ1n) is 8.11. The predicted octanol–water partition coefficient (Wildman–Crippen LogP) is 1.97. The van der Waals surface area contributed by atoms with E-state index in [0.29, 0.717) is 12.6 Å². The van der Waals surface area contributed by atoms with Crippen LogP contribution < -0.4 is 10.5 Å². The summed E-state index contributed by atoms with van der Waals surface area (Å²) in [5, 5.41) is 18.7. The molecule has 0 atom stereocenters. The van der Waals surface area contributed by atoms with Gasteiger partial charge in [0.1, 0.15) is 16.5 Å². The van der Waals surface area contributed by atoms with Crippen LogP contribution in [0.15, 0.2) is 17.0 Å². The lowest BCUT2D eigenvalue weighted by molar-refractivity contribution is -0.384. The number of halogens is 1. The molecule has 0 spiro atoms. The lowest BCUT2D eigenvalue weighted by atomic mass is 9.96. The molecule has 0 radical (unpaired) electrons. The van der Waals surface area contributed by atoms with E-state index in [2.05, 4.69) is 5.32 Å². The lowest BCUT2D eigenvalue weighted by Gasteiger charge is -2.22. The number of carbonyl (C=O) groups excluding carboxylic acids is 1. The second kappa shape index (κ2) is 8.76. The molecule has 2 rings (SSSR count). The van der Waals surface area contributed by atoms with Gasteiger partial charge in [0.2, 0.25) is 10.0 Å². The average Bonchev–Trinajstić information content (AvgIpc) is 2.58. The van der Waals surface area contributed by atoms with E-state index in [0.717, 1.165) is 25.0 Å². The van der Waals surface area contributed by atoms with Crippen LogP contribution in [0.3, 0.4) is 0 Å². The molecule has 0 amide bonds. The maximum atomic E-state index is 12.1. The highest BCUT2D eigenvalue weighted by atomic mass is 35.5. The van der Waals surface area contributed by atoms with E-state index < -0.39 is 36.5 Å². The Labute approximate surface area is 156 Å². The minimum atomic E-state index is -4.34. The van der Waals surface area contributed by atoms with Crippen molar-refractivity contribution in [2.75, 3.05) is 13.2 Å². The minimum absolute atomic E-state index is 0.0520. The van der Waals surface area contributed by atoms with E-state index >= 15 is 0 Å². The fourth-order valence-corrected chi connectivity index (χ4v) is 3.98. The molecule has 1 aliphatic rings. The van der Waals surface area contributed by atoms with E-state index in [1.165, 1.54) is 19.3 Å². The van der Waals surface area contributed by atoms with Crippen molar-refractivity contribution in [1.29, 1.82) is 0 Å². The van der Waals surface area contributed by atoms with Crippen molar-refractivity contribution in [3.05, 3.63) is 32.8 Å². The van der Waals surface area contributed by atoms with Gasteiger partial charge in [-0.2, -0.15) is 0 Å². The van der Waals surface area contributed by atoms with Gasteiger partial charge in [-0.05, 0) is 18.9 Å². The van der Waals surface area contributed by atoms with Gasteiger partial charge in [0.25, 0.3) is 5.69 Å². The van der Waals surface area contributed by atoms with E-state index in [-0.39, 0.29) is 12.2 Å². The fraction of sp³-hybridized carbons (Fsp3) is 0.533. The third-order valence-corrected chi connectivity index (χ3v) is 5.58. The van der Waals surface area contributed by atoms with E-state index in [9.17, 15) is 23.3 Å². The highest BCUT2D eigenvalue weighted by Gasteiger charge is 2.26. The number of nitrogens with zero attached hydrogens (tertiary/aromatic N) is 1. The Morgan fingerprint density at radius 1 is 1.35 bits per heavy atom. The molecule has 0 saturated heterocycles. The van der Waals surface area contributed by atoms with E-state index in [1.54, 1.807) is 0 Å². The zero-order valence-electron chi connectivity index (χ0n) is 13.9. The number of nitrogens with one attached hydrogen (secondary N) is 1. The summed E-state index contributed by atoms with van der Waals surface area (Å²) in [5.74, 6) is -0.889. The number of nitrogens with two attached hydrogens (primary N) is 1. The molecule has 9 nitrogen and oxygen atoms in total. The van der Waals surface area contributed by atoms with Crippen molar-refractivity contribution < 1.29 is 22.9 Å². The maximum absolute atomic E-state index is 12.1. The molecule has 144 valence electrons. The molecule has 1 aromatic carbocycles. The lowest BCUT2D eigenvalue weighted by Crippen LogP contribution is -2.33. The van der Waals surface area contributed by atoms with Crippen LogP contribution in [0.4, 0.5) is 5.69 Å². The molecule has 1 fully saturated rings. The first kappa shape index (κ1) is 20.6. The highest BCUT2D eigenvalue weighted by molar-refractivity contribution is 7.89. The second-order valence-corrected chi connectivity index (χ2v) is 7.94. The van der Waals surface area contributed by atoms with Crippen LogP contribution in [0.2, 0.25) is 5.02 Å². The molecule has 3 N–H and O–H groups in total. The Morgan fingerprint density at radius 3 is 2.58 bits per heavy atom. The van der Waals surface area contributed by atoms with Crippen molar-refractivity contribution in [2.45, 2.75) is 43.0 Å². The number of benzene rings is 1. The first-order chi connectivity index (χ1) is 12.2. The molecule has 1 aliphatic carbocycles. The highest BCUT2D eigenvalue weighted by Crippen LogP contribution is 2.32. The van der Waals surface area contributed by atoms with Crippen LogP contribution in [-0.4, -0.2) is 38.5 Å². The average molecular weight is 406 g/mol. The first-order valence-corrected chi connectivity index (χ1v) is 10.0. The Bertz CT molecular complexity index is 793. The van der Waals surface area contributed by atoms with Gasteiger partial charge in [-0.15, -0.1) is 0 Å². The Hall–Kier alpha value is -1.75. The molecular formula is C15H20ClN3O6S. The Kier molecular flexibility index (Phi) is 6.93. The zero-order chi connectivity index (χ0) is 19.3. The Balaban J connectivity index is 2.05. The van der Waals surface area contributed by atoms with Crippen LogP contribution in [0, 0.1) is 10.1 Å². The molecule has 26 heavy (non-hydrogen) atoms. The molecule has 0 aliphatic heterocycles. The predicted molar refractivity (Wildman–Crippen MR) is 94.6 cm³/mol. The molecule has 0 bridgehead atoms. The second-order valence-electron chi connectivity index (χ2n) is 6.03. The van der Waals surface area contributed by atoms with Gasteiger partial charge in [-0.3, -0.25) is 10.1 Å². The number of ether oxygens (including phenoxy) is 1. The van der Waals surface area contributed by atoms with Gasteiger partial charge in [0, 0.05) is 18.7 Å². The number of esters is 1. The van der Waals surface area contributed by atoms with Crippen LogP contribution in [0.5, 0.6) is 0 Å². The molecule has 0 unspecified atom stereocenters. The third-order valence-electron chi connectivity index (χ3n) is 4.13. The number of hydrogen-bond donors (Lipinski definition) is 2.